The van der Waals surface area contributed by atoms with Crippen LogP contribution in [0, 0.1) is 0 Å². The van der Waals surface area contributed by atoms with E-state index in [0.29, 0.717) is 18.6 Å². The Labute approximate surface area is 163 Å². The van der Waals surface area contributed by atoms with Crippen LogP contribution in [0.15, 0.2) is 12.3 Å². The minimum Gasteiger partial charge on any atom is -0.356 e. The minimum absolute atomic E-state index is 0.358. The summed E-state index contributed by atoms with van der Waals surface area (Å²) >= 11 is 0. The van der Waals surface area contributed by atoms with Crippen molar-refractivity contribution in [3.05, 3.63) is 12.3 Å². The minimum atomic E-state index is 0.358. The first-order valence-corrected chi connectivity index (χ1v) is 11.2. The summed E-state index contributed by atoms with van der Waals surface area (Å²) in [5.74, 6) is 1.84. The van der Waals surface area contributed by atoms with Gasteiger partial charge in [-0.25, -0.2) is 4.98 Å². The summed E-state index contributed by atoms with van der Waals surface area (Å²) in [5, 5.41) is 3.64. The number of anilines is 2. The molecule has 1 aliphatic carbocycles. The number of aromatic nitrogens is 2. The highest BCUT2D eigenvalue weighted by Crippen LogP contribution is 2.30. The van der Waals surface area contributed by atoms with Crippen molar-refractivity contribution in [1.29, 1.82) is 0 Å². The molecule has 1 saturated carbocycles. The van der Waals surface area contributed by atoms with E-state index in [1.807, 2.05) is 6.20 Å². The molecule has 0 radical (unpaired) electrons. The fourth-order valence-corrected chi connectivity index (χ4v) is 5.27. The third-order valence-corrected chi connectivity index (χ3v) is 6.76. The molecule has 4 rings (SSSR count). The molecule has 2 saturated heterocycles. The Balaban J connectivity index is 1.41. The molecule has 3 N–H and O–H groups in total. The van der Waals surface area contributed by atoms with Crippen LogP contribution >= 0.6 is 0 Å². The third-order valence-electron chi connectivity index (χ3n) is 6.76. The van der Waals surface area contributed by atoms with E-state index >= 15 is 0 Å². The van der Waals surface area contributed by atoms with E-state index in [1.54, 1.807) is 0 Å². The molecule has 6 nitrogen and oxygen atoms in total. The average molecular weight is 373 g/mol. The topological polar surface area (TPSA) is 70.3 Å². The fraction of sp³-hybridized carbons (Fsp3) is 0.810. The molecular weight excluding hydrogens is 336 g/mol. The Bertz CT molecular complexity index is 580. The summed E-state index contributed by atoms with van der Waals surface area (Å²) < 4.78 is 0. The molecule has 0 spiro atoms. The molecule has 0 amide bonds. The Kier molecular flexibility index (Phi) is 6.45. The lowest BCUT2D eigenvalue weighted by molar-refractivity contribution is 0.142. The van der Waals surface area contributed by atoms with Crippen molar-refractivity contribution < 1.29 is 0 Å². The van der Waals surface area contributed by atoms with Crippen LogP contribution in [-0.2, 0) is 0 Å². The van der Waals surface area contributed by atoms with E-state index in [2.05, 4.69) is 26.2 Å². The number of nitrogens with zero attached hydrogens (tertiary/aromatic N) is 4. The lowest BCUT2D eigenvalue weighted by Gasteiger charge is -2.36. The zero-order chi connectivity index (χ0) is 18.5. The van der Waals surface area contributed by atoms with Crippen LogP contribution in [0.5, 0.6) is 0 Å². The molecule has 1 aromatic heterocycles. The van der Waals surface area contributed by atoms with Gasteiger partial charge in [-0.2, -0.15) is 4.98 Å². The second-order valence-electron chi connectivity index (χ2n) is 8.51. The van der Waals surface area contributed by atoms with Gasteiger partial charge in [-0.05, 0) is 38.2 Å². The molecule has 0 bridgehead atoms. The van der Waals surface area contributed by atoms with Crippen LogP contribution in [0.25, 0.3) is 0 Å². The number of hydrogen-bond acceptors (Lipinski definition) is 6. The monoisotopic (exact) mass is 372 g/mol. The maximum Gasteiger partial charge on any atom is 0.224 e. The number of nitrogens with one attached hydrogen (secondary N) is 1. The van der Waals surface area contributed by atoms with E-state index in [0.717, 1.165) is 43.9 Å². The van der Waals surface area contributed by atoms with Crippen LogP contribution in [0.4, 0.5) is 11.8 Å². The molecule has 6 heteroatoms. The SMILES string of the molecule is NC[C@H]1[C@@H](Nc2nccc(N3CCCCCC3)n2)CCN1C1CCCCC1. The van der Waals surface area contributed by atoms with Gasteiger partial charge in [0, 0.05) is 50.5 Å². The summed E-state index contributed by atoms with van der Waals surface area (Å²) in [7, 11) is 0. The molecule has 0 unspecified atom stereocenters. The maximum absolute atomic E-state index is 6.21. The van der Waals surface area contributed by atoms with Gasteiger partial charge in [-0.1, -0.05) is 32.1 Å². The van der Waals surface area contributed by atoms with E-state index in [9.17, 15) is 0 Å². The standard InChI is InChI=1S/C21H36N6/c22-16-19-18(11-15-27(19)17-8-4-3-5-9-17)24-21-23-12-10-20(25-21)26-13-6-1-2-7-14-26/h10,12,17-19H,1-9,11,13-16,22H2,(H,23,24,25)/t18-,19-/m0/s1. The summed E-state index contributed by atoms with van der Waals surface area (Å²) in [6.45, 7) is 4.08. The highest BCUT2D eigenvalue weighted by Gasteiger charge is 2.37. The Morgan fingerprint density at radius 3 is 2.44 bits per heavy atom. The number of hydrogen-bond donors (Lipinski definition) is 2. The van der Waals surface area contributed by atoms with Gasteiger partial charge < -0.3 is 16.0 Å². The number of nitrogens with two attached hydrogens (primary N) is 1. The first-order valence-electron chi connectivity index (χ1n) is 11.2. The van der Waals surface area contributed by atoms with Crippen LogP contribution in [0.3, 0.4) is 0 Å². The first kappa shape index (κ1) is 18.9. The molecule has 2 atom stereocenters. The van der Waals surface area contributed by atoms with E-state index in [4.69, 9.17) is 10.7 Å². The molecule has 0 aromatic carbocycles. The molecule has 3 aliphatic rings. The fourth-order valence-electron chi connectivity index (χ4n) is 5.27. The molecule has 150 valence electrons. The van der Waals surface area contributed by atoms with Gasteiger partial charge in [0.1, 0.15) is 5.82 Å². The second kappa shape index (κ2) is 9.20. The molecule has 3 fully saturated rings. The van der Waals surface area contributed by atoms with Crippen molar-refractivity contribution in [2.75, 3.05) is 36.4 Å². The Morgan fingerprint density at radius 2 is 1.70 bits per heavy atom. The Morgan fingerprint density at radius 1 is 0.963 bits per heavy atom. The van der Waals surface area contributed by atoms with Gasteiger partial charge in [0.2, 0.25) is 5.95 Å². The normalized spacial score (nSPS) is 28.3. The predicted octanol–water partition coefficient (Wildman–Crippen LogP) is 3.00. The summed E-state index contributed by atoms with van der Waals surface area (Å²) in [4.78, 5) is 14.5. The average Bonchev–Trinajstić information content (AvgIpc) is 2.92. The zero-order valence-corrected chi connectivity index (χ0v) is 16.7. The quantitative estimate of drug-likeness (QED) is 0.828. The number of rotatable bonds is 5. The van der Waals surface area contributed by atoms with E-state index < -0.39 is 0 Å². The highest BCUT2D eigenvalue weighted by molar-refractivity contribution is 5.43. The third kappa shape index (κ3) is 4.54. The molecule has 2 aliphatic heterocycles. The van der Waals surface area contributed by atoms with Crippen molar-refractivity contribution in [3.8, 4) is 0 Å². The highest BCUT2D eigenvalue weighted by atomic mass is 15.3. The number of likely N-dealkylation sites (tertiary alicyclic amines) is 1. The first-order chi connectivity index (χ1) is 13.3. The van der Waals surface area contributed by atoms with Crippen LogP contribution < -0.4 is 16.0 Å². The van der Waals surface area contributed by atoms with Crippen LogP contribution in [0.2, 0.25) is 0 Å². The lowest BCUT2D eigenvalue weighted by atomic mass is 9.93. The van der Waals surface area contributed by atoms with Crippen molar-refractivity contribution in [2.24, 2.45) is 5.73 Å². The molecule has 1 aromatic rings. The smallest absolute Gasteiger partial charge is 0.224 e. The van der Waals surface area contributed by atoms with Gasteiger partial charge in [0.15, 0.2) is 0 Å². The predicted molar refractivity (Wildman–Crippen MR) is 111 cm³/mol. The van der Waals surface area contributed by atoms with Crippen molar-refractivity contribution in [3.63, 3.8) is 0 Å². The van der Waals surface area contributed by atoms with Gasteiger partial charge in [0.05, 0.1) is 0 Å². The van der Waals surface area contributed by atoms with Crippen molar-refractivity contribution in [2.45, 2.75) is 82.3 Å². The van der Waals surface area contributed by atoms with Gasteiger partial charge >= 0.3 is 0 Å². The summed E-state index contributed by atoms with van der Waals surface area (Å²) in [6, 6.07) is 3.54. The summed E-state index contributed by atoms with van der Waals surface area (Å²) in [5.41, 5.74) is 6.21. The van der Waals surface area contributed by atoms with Gasteiger partial charge in [-0.15, -0.1) is 0 Å². The van der Waals surface area contributed by atoms with Crippen molar-refractivity contribution >= 4 is 11.8 Å². The zero-order valence-electron chi connectivity index (χ0n) is 16.7. The van der Waals surface area contributed by atoms with Crippen LogP contribution in [-0.4, -0.2) is 59.2 Å². The van der Waals surface area contributed by atoms with Gasteiger partial charge in [-0.3, -0.25) is 4.90 Å². The molecular formula is C21H36N6. The summed E-state index contributed by atoms with van der Waals surface area (Å²) in [6.07, 6.45) is 15.1. The Hall–Kier alpha value is -1.40. The molecule has 27 heavy (non-hydrogen) atoms. The maximum atomic E-state index is 6.21. The van der Waals surface area contributed by atoms with Crippen molar-refractivity contribution in [1.82, 2.24) is 14.9 Å². The molecule has 3 heterocycles. The van der Waals surface area contributed by atoms with Crippen LogP contribution in [0.1, 0.15) is 64.2 Å². The largest absolute Gasteiger partial charge is 0.356 e. The van der Waals surface area contributed by atoms with E-state index in [1.165, 1.54) is 57.8 Å². The second-order valence-corrected chi connectivity index (χ2v) is 8.51. The van der Waals surface area contributed by atoms with Gasteiger partial charge in [0.25, 0.3) is 0 Å². The van der Waals surface area contributed by atoms with E-state index in [-0.39, 0.29) is 0 Å². The lowest BCUT2D eigenvalue weighted by Crippen LogP contribution is -2.49.